The summed E-state index contributed by atoms with van der Waals surface area (Å²) in [6.45, 7) is 1.94. The van der Waals surface area contributed by atoms with Gasteiger partial charge in [0.25, 0.3) is 0 Å². The van der Waals surface area contributed by atoms with Gasteiger partial charge >= 0.3 is 0 Å². The number of rotatable bonds is 3. The zero-order valence-electron chi connectivity index (χ0n) is 7.70. The van der Waals surface area contributed by atoms with Crippen molar-refractivity contribution in [3.05, 3.63) is 23.8 Å². The molecule has 0 fully saturated rings. The van der Waals surface area contributed by atoms with E-state index in [4.69, 9.17) is 10.8 Å². The van der Waals surface area contributed by atoms with Crippen LogP contribution in [-0.2, 0) is 6.42 Å². The molecule has 3 heteroatoms. The van der Waals surface area contributed by atoms with Crippen LogP contribution in [0.2, 0.25) is 0 Å². The minimum Gasteiger partial charge on any atom is -0.504 e. The van der Waals surface area contributed by atoms with Crippen LogP contribution in [0.15, 0.2) is 18.2 Å². The van der Waals surface area contributed by atoms with Gasteiger partial charge in [0, 0.05) is 6.04 Å². The maximum Gasteiger partial charge on any atom is 0.157 e. The molecule has 0 aromatic heterocycles. The minimum absolute atomic E-state index is 0.0674. The van der Waals surface area contributed by atoms with E-state index in [9.17, 15) is 5.11 Å². The lowest BCUT2D eigenvalue weighted by Crippen LogP contribution is -2.15. The van der Waals surface area contributed by atoms with Crippen molar-refractivity contribution in [2.75, 3.05) is 0 Å². The molecule has 1 rings (SSSR count). The number of hydrogen-bond donors (Lipinski definition) is 3. The van der Waals surface area contributed by atoms with E-state index in [1.807, 2.05) is 6.92 Å². The summed E-state index contributed by atoms with van der Waals surface area (Å²) in [7, 11) is 0. The smallest absolute Gasteiger partial charge is 0.157 e. The van der Waals surface area contributed by atoms with Gasteiger partial charge in [-0.3, -0.25) is 0 Å². The van der Waals surface area contributed by atoms with E-state index in [-0.39, 0.29) is 17.5 Å². The van der Waals surface area contributed by atoms with Gasteiger partial charge in [-0.2, -0.15) is 0 Å². The Morgan fingerprint density at radius 1 is 1.31 bits per heavy atom. The second kappa shape index (κ2) is 4.14. The Labute approximate surface area is 77.8 Å². The summed E-state index contributed by atoms with van der Waals surface area (Å²) < 4.78 is 0. The molecule has 13 heavy (non-hydrogen) atoms. The summed E-state index contributed by atoms with van der Waals surface area (Å²) >= 11 is 0. The molecule has 1 atom stereocenters. The molecule has 1 aromatic rings. The standard InChI is InChI=1S/C10H15NO2/c1-7(11)2-3-8-4-5-9(12)10(13)6-8/h4-7,12-13H,2-3,11H2,1H3. The number of hydrogen-bond acceptors (Lipinski definition) is 3. The molecule has 0 amide bonds. The van der Waals surface area contributed by atoms with E-state index < -0.39 is 0 Å². The number of benzene rings is 1. The SMILES string of the molecule is CC(N)CCc1ccc(O)c(O)c1. The molecule has 0 spiro atoms. The Bertz CT molecular complexity index is 284. The van der Waals surface area contributed by atoms with Gasteiger partial charge in [-0.25, -0.2) is 0 Å². The highest BCUT2D eigenvalue weighted by atomic mass is 16.3. The van der Waals surface area contributed by atoms with Crippen LogP contribution in [0.3, 0.4) is 0 Å². The fourth-order valence-corrected chi connectivity index (χ4v) is 1.12. The molecule has 72 valence electrons. The van der Waals surface area contributed by atoms with Crippen molar-refractivity contribution in [3.63, 3.8) is 0 Å². The largest absolute Gasteiger partial charge is 0.504 e. The first-order valence-electron chi connectivity index (χ1n) is 4.36. The van der Waals surface area contributed by atoms with Crippen molar-refractivity contribution in [1.29, 1.82) is 0 Å². The van der Waals surface area contributed by atoms with Gasteiger partial charge < -0.3 is 15.9 Å². The van der Waals surface area contributed by atoms with Gasteiger partial charge in [0.05, 0.1) is 0 Å². The van der Waals surface area contributed by atoms with Crippen LogP contribution in [-0.4, -0.2) is 16.3 Å². The third kappa shape index (κ3) is 2.95. The number of phenols is 2. The number of nitrogens with two attached hydrogens (primary N) is 1. The lowest BCUT2D eigenvalue weighted by Gasteiger charge is -2.05. The maximum absolute atomic E-state index is 9.18. The summed E-state index contributed by atoms with van der Waals surface area (Å²) in [6.07, 6.45) is 1.70. The van der Waals surface area contributed by atoms with Crippen LogP contribution >= 0.6 is 0 Å². The monoisotopic (exact) mass is 181 g/mol. The highest BCUT2D eigenvalue weighted by Crippen LogP contribution is 2.25. The molecular weight excluding hydrogens is 166 g/mol. The predicted octanol–water partition coefficient (Wildman–Crippen LogP) is 1.38. The molecule has 1 unspecified atom stereocenters. The second-order valence-electron chi connectivity index (χ2n) is 3.34. The summed E-state index contributed by atoms with van der Waals surface area (Å²) in [5.41, 5.74) is 6.59. The van der Waals surface area contributed by atoms with Crippen LogP contribution in [0.1, 0.15) is 18.9 Å². The first kappa shape index (κ1) is 9.86. The summed E-state index contributed by atoms with van der Waals surface area (Å²) in [5, 5.41) is 18.2. The van der Waals surface area contributed by atoms with E-state index in [0.29, 0.717) is 0 Å². The van der Waals surface area contributed by atoms with E-state index in [1.165, 1.54) is 6.07 Å². The van der Waals surface area contributed by atoms with Crippen molar-refractivity contribution in [1.82, 2.24) is 0 Å². The molecule has 0 saturated carbocycles. The Morgan fingerprint density at radius 3 is 2.54 bits per heavy atom. The highest BCUT2D eigenvalue weighted by molar-refractivity contribution is 5.40. The first-order valence-corrected chi connectivity index (χ1v) is 4.36. The molecule has 0 bridgehead atoms. The molecule has 0 aliphatic heterocycles. The van der Waals surface area contributed by atoms with Crippen molar-refractivity contribution in [2.45, 2.75) is 25.8 Å². The molecule has 0 radical (unpaired) electrons. The van der Waals surface area contributed by atoms with Gasteiger partial charge in [0.15, 0.2) is 11.5 Å². The van der Waals surface area contributed by atoms with Crippen LogP contribution in [0.4, 0.5) is 0 Å². The number of aryl methyl sites for hydroxylation is 1. The fraction of sp³-hybridized carbons (Fsp3) is 0.400. The van der Waals surface area contributed by atoms with Crippen LogP contribution in [0.5, 0.6) is 11.5 Å². The van der Waals surface area contributed by atoms with Crippen LogP contribution in [0.25, 0.3) is 0 Å². The maximum atomic E-state index is 9.18. The average Bonchev–Trinajstić information content (AvgIpc) is 2.07. The van der Waals surface area contributed by atoms with Crippen LogP contribution in [0, 0.1) is 0 Å². The fourth-order valence-electron chi connectivity index (χ4n) is 1.12. The number of aromatic hydroxyl groups is 2. The third-order valence-electron chi connectivity index (χ3n) is 1.93. The van der Waals surface area contributed by atoms with Crippen molar-refractivity contribution >= 4 is 0 Å². The molecule has 1 aromatic carbocycles. The minimum atomic E-state index is -0.0791. The van der Waals surface area contributed by atoms with Crippen molar-refractivity contribution in [2.24, 2.45) is 5.73 Å². The lowest BCUT2D eigenvalue weighted by molar-refractivity contribution is 0.403. The summed E-state index contributed by atoms with van der Waals surface area (Å²) in [5.74, 6) is -0.147. The quantitative estimate of drug-likeness (QED) is 0.617. The normalized spacial score (nSPS) is 12.8. The Morgan fingerprint density at radius 2 is 2.00 bits per heavy atom. The van der Waals surface area contributed by atoms with Crippen LogP contribution < -0.4 is 5.73 Å². The van der Waals surface area contributed by atoms with Gasteiger partial charge in [-0.05, 0) is 37.5 Å². The van der Waals surface area contributed by atoms with E-state index >= 15 is 0 Å². The molecule has 3 nitrogen and oxygen atoms in total. The molecule has 0 aliphatic carbocycles. The van der Waals surface area contributed by atoms with Gasteiger partial charge in [-0.15, -0.1) is 0 Å². The second-order valence-corrected chi connectivity index (χ2v) is 3.34. The molecule has 0 heterocycles. The first-order chi connectivity index (χ1) is 6.09. The Kier molecular flexibility index (Phi) is 3.14. The van der Waals surface area contributed by atoms with Gasteiger partial charge in [0.1, 0.15) is 0 Å². The number of phenolic OH excluding ortho intramolecular Hbond substituents is 2. The summed E-state index contributed by atoms with van der Waals surface area (Å²) in [6, 6.07) is 5.01. The summed E-state index contributed by atoms with van der Waals surface area (Å²) in [4.78, 5) is 0. The average molecular weight is 181 g/mol. The molecule has 0 saturated heterocycles. The molecule has 0 aliphatic rings. The Hall–Kier alpha value is -1.22. The zero-order chi connectivity index (χ0) is 9.84. The van der Waals surface area contributed by atoms with E-state index in [2.05, 4.69) is 0 Å². The topological polar surface area (TPSA) is 66.5 Å². The lowest BCUT2D eigenvalue weighted by atomic mass is 10.1. The van der Waals surface area contributed by atoms with Crippen molar-refractivity contribution < 1.29 is 10.2 Å². The van der Waals surface area contributed by atoms with E-state index in [1.54, 1.807) is 12.1 Å². The highest BCUT2D eigenvalue weighted by Gasteiger charge is 2.01. The zero-order valence-corrected chi connectivity index (χ0v) is 7.70. The third-order valence-corrected chi connectivity index (χ3v) is 1.93. The van der Waals surface area contributed by atoms with Gasteiger partial charge in [0.2, 0.25) is 0 Å². The van der Waals surface area contributed by atoms with Crippen molar-refractivity contribution in [3.8, 4) is 11.5 Å². The Balaban J connectivity index is 2.63. The molecular formula is C10H15NO2. The predicted molar refractivity (Wildman–Crippen MR) is 51.7 cm³/mol. The van der Waals surface area contributed by atoms with Gasteiger partial charge in [-0.1, -0.05) is 6.07 Å². The van der Waals surface area contributed by atoms with E-state index in [0.717, 1.165) is 18.4 Å². The molecule has 4 N–H and O–H groups in total.